The average molecular weight is 651 g/mol. The molecule has 10 nitrogen and oxygen atoms in total. The Hall–Kier alpha value is -3.33. The van der Waals surface area contributed by atoms with Gasteiger partial charge in [0.15, 0.2) is 5.96 Å². The molecule has 0 saturated heterocycles. The van der Waals surface area contributed by atoms with Gasteiger partial charge in [-0.05, 0) is 46.3 Å². The summed E-state index contributed by atoms with van der Waals surface area (Å²) < 4.78 is 40.9. The molecule has 1 atom stereocenters. The summed E-state index contributed by atoms with van der Waals surface area (Å²) in [7, 11) is 0. The van der Waals surface area contributed by atoms with E-state index in [1.807, 2.05) is 0 Å². The Morgan fingerprint density at radius 1 is 1.14 bits per heavy atom. The van der Waals surface area contributed by atoms with Crippen molar-refractivity contribution in [3.05, 3.63) is 56.0 Å². The molecule has 3 rings (SSSR count). The zero-order valence-corrected chi connectivity index (χ0v) is 21.9. The van der Waals surface area contributed by atoms with E-state index < -0.39 is 48.5 Å². The zero-order valence-electron chi connectivity index (χ0n) is 18.7. The largest absolute Gasteiger partial charge is 0.506 e. The lowest BCUT2D eigenvalue weighted by Crippen LogP contribution is -2.39. The summed E-state index contributed by atoms with van der Waals surface area (Å²) in [5.74, 6) is -3.09. The molecule has 0 fully saturated rings. The molecule has 1 aliphatic heterocycles. The number of hydrogen-bond donors (Lipinski definition) is 6. The van der Waals surface area contributed by atoms with Gasteiger partial charge in [0.25, 0.3) is 5.91 Å². The van der Waals surface area contributed by atoms with Gasteiger partial charge in [-0.15, -0.1) is 0 Å². The van der Waals surface area contributed by atoms with Crippen LogP contribution in [0.15, 0.2) is 44.3 Å². The first-order valence-corrected chi connectivity index (χ1v) is 12.2. The SMILES string of the molecule is O=C(O)CC(NC(=O)CNC(=O)c1cc(NC2=NCCN2)cc(C(F)(F)F)c1)c1cc(Br)cc(Br)c1O. The Bertz CT molecular complexity index is 1260. The van der Waals surface area contributed by atoms with Crippen molar-refractivity contribution in [2.24, 2.45) is 4.99 Å². The number of hydrogen-bond acceptors (Lipinski definition) is 7. The molecular formula is C22H20Br2F3N5O5. The van der Waals surface area contributed by atoms with E-state index in [1.54, 1.807) is 0 Å². The summed E-state index contributed by atoms with van der Waals surface area (Å²) in [6, 6.07) is 4.42. The van der Waals surface area contributed by atoms with Crippen molar-refractivity contribution in [1.29, 1.82) is 0 Å². The van der Waals surface area contributed by atoms with Crippen LogP contribution in [0.25, 0.3) is 0 Å². The van der Waals surface area contributed by atoms with Crippen LogP contribution >= 0.6 is 31.9 Å². The number of alkyl halides is 3. The number of phenols is 1. The van der Waals surface area contributed by atoms with Gasteiger partial charge in [-0.3, -0.25) is 19.4 Å². The van der Waals surface area contributed by atoms with Crippen molar-refractivity contribution in [2.75, 3.05) is 25.0 Å². The summed E-state index contributed by atoms with van der Waals surface area (Å²) in [5, 5.41) is 29.7. The molecule has 1 aliphatic rings. The Morgan fingerprint density at radius 2 is 1.86 bits per heavy atom. The number of benzene rings is 2. The number of aromatic hydroxyl groups is 1. The lowest BCUT2D eigenvalue weighted by atomic mass is 10.0. The van der Waals surface area contributed by atoms with Gasteiger partial charge >= 0.3 is 12.1 Å². The van der Waals surface area contributed by atoms with Crippen molar-refractivity contribution in [3.8, 4) is 5.75 Å². The van der Waals surface area contributed by atoms with Crippen LogP contribution < -0.4 is 21.3 Å². The van der Waals surface area contributed by atoms with E-state index in [0.717, 1.165) is 6.07 Å². The highest BCUT2D eigenvalue weighted by molar-refractivity contribution is 9.11. The Labute approximate surface area is 225 Å². The third-order valence-corrected chi connectivity index (χ3v) is 6.08. The normalized spacial score (nSPS) is 13.8. The van der Waals surface area contributed by atoms with Crippen LogP contribution in [0.1, 0.15) is 33.9 Å². The van der Waals surface area contributed by atoms with E-state index in [2.05, 4.69) is 58.1 Å². The second-order valence-electron chi connectivity index (χ2n) is 7.80. The minimum atomic E-state index is -4.74. The molecule has 2 amide bonds. The Balaban J connectivity index is 1.74. The van der Waals surface area contributed by atoms with Crippen LogP contribution in [0.2, 0.25) is 0 Å². The van der Waals surface area contributed by atoms with Crippen molar-refractivity contribution < 1.29 is 37.8 Å². The standard InChI is InChI=1S/C22H20Br2F3N5O5/c23-12-6-14(19(36)15(24)7-12)16(8-18(34)35)32-17(33)9-30-20(37)10-3-11(22(25,26)27)5-13(4-10)31-21-28-1-2-29-21/h3-7,16,36H,1-2,8-9H2,(H,30,37)(H,32,33)(H,34,35)(H2,28,29,31). The predicted molar refractivity (Wildman–Crippen MR) is 134 cm³/mol. The second kappa shape index (κ2) is 11.8. The zero-order chi connectivity index (χ0) is 27.3. The third kappa shape index (κ3) is 7.82. The Morgan fingerprint density at radius 3 is 2.49 bits per heavy atom. The first kappa shape index (κ1) is 28.2. The number of nitrogens with zero attached hydrogens (tertiary/aromatic N) is 1. The molecule has 1 unspecified atom stereocenters. The molecule has 2 aromatic carbocycles. The van der Waals surface area contributed by atoms with Gasteiger partial charge in [0.2, 0.25) is 5.91 Å². The molecule has 0 aromatic heterocycles. The number of aliphatic imine (C=N–C) groups is 1. The van der Waals surface area contributed by atoms with Gasteiger partial charge in [-0.2, -0.15) is 13.2 Å². The highest BCUT2D eigenvalue weighted by atomic mass is 79.9. The quantitative estimate of drug-likeness (QED) is 0.256. The van der Waals surface area contributed by atoms with Gasteiger partial charge in [-0.1, -0.05) is 15.9 Å². The first-order valence-electron chi connectivity index (χ1n) is 10.6. The summed E-state index contributed by atoms with van der Waals surface area (Å²) in [6.07, 6.45) is -5.32. The van der Waals surface area contributed by atoms with Crippen LogP contribution in [0, 0.1) is 0 Å². The molecule has 0 bridgehead atoms. The molecule has 0 aliphatic carbocycles. The van der Waals surface area contributed by atoms with Crippen molar-refractivity contribution in [1.82, 2.24) is 16.0 Å². The molecule has 37 heavy (non-hydrogen) atoms. The number of halogens is 5. The third-order valence-electron chi connectivity index (χ3n) is 5.02. The number of carboxylic acids is 1. The van der Waals surface area contributed by atoms with Crippen LogP contribution in [0.5, 0.6) is 5.75 Å². The van der Waals surface area contributed by atoms with Crippen LogP contribution in [0.4, 0.5) is 18.9 Å². The molecule has 6 N–H and O–H groups in total. The topological polar surface area (TPSA) is 152 Å². The van der Waals surface area contributed by atoms with Gasteiger partial charge in [0, 0.05) is 27.8 Å². The Kier molecular flexibility index (Phi) is 9.02. The fraction of sp³-hybridized carbons (Fsp3) is 0.273. The number of carbonyl (C=O) groups is 3. The smallest absolute Gasteiger partial charge is 0.416 e. The number of anilines is 1. The summed E-state index contributed by atoms with van der Waals surface area (Å²) in [6.45, 7) is 0.292. The van der Waals surface area contributed by atoms with Gasteiger partial charge in [0.05, 0.1) is 35.6 Å². The van der Waals surface area contributed by atoms with Crippen molar-refractivity contribution in [2.45, 2.75) is 18.6 Å². The minimum Gasteiger partial charge on any atom is -0.506 e. The van der Waals surface area contributed by atoms with Gasteiger partial charge in [-0.25, -0.2) is 0 Å². The number of guanidine groups is 1. The van der Waals surface area contributed by atoms with Crippen molar-refractivity contribution >= 4 is 61.3 Å². The molecule has 15 heteroatoms. The van der Waals surface area contributed by atoms with Crippen LogP contribution in [-0.4, -0.2) is 53.6 Å². The summed E-state index contributed by atoms with van der Waals surface area (Å²) >= 11 is 6.35. The molecule has 198 valence electrons. The molecule has 0 spiro atoms. The van der Waals surface area contributed by atoms with E-state index in [4.69, 9.17) is 0 Å². The van der Waals surface area contributed by atoms with Gasteiger partial charge in [0.1, 0.15) is 5.75 Å². The first-order chi connectivity index (χ1) is 17.3. The monoisotopic (exact) mass is 649 g/mol. The highest BCUT2D eigenvalue weighted by Crippen LogP contribution is 2.36. The van der Waals surface area contributed by atoms with E-state index in [-0.39, 0.29) is 33.0 Å². The van der Waals surface area contributed by atoms with E-state index >= 15 is 0 Å². The lowest BCUT2D eigenvalue weighted by molar-refractivity contribution is -0.138. The van der Waals surface area contributed by atoms with E-state index in [0.29, 0.717) is 23.6 Å². The summed E-state index contributed by atoms with van der Waals surface area (Å²) in [4.78, 5) is 40.5. The molecule has 2 aromatic rings. The number of nitrogens with one attached hydrogen (secondary N) is 4. The number of aliphatic carboxylic acids is 1. The number of carboxylic acid groups (broad SMARTS) is 1. The molecule has 0 radical (unpaired) electrons. The molecule has 1 heterocycles. The number of rotatable bonds is 8. The maximum atomic E-state index is 13.4. The van der Waals surface area contributed by atoms with E-state index in [1.165, 1.54) is 18.2 Å². The maximum absolute atomic E-state index is 13.4. The van der Waals surface area contributed by atoms with E-state index in [9.17, 15) is 37.8 Å². The fourth-order valence-corrected chi connectivity index (χ4v) is 4.64. The minimum absolute atomic E-state index is 0.0326. The average Bonchev–Trinajstić information content (AvgIpc) is 3.31. The molecule has 0 saturated carbocycles. The fourth-order valence-electron chi connectivity index (χ4n) is 3.39. The number of amides is 2. The maximum Gasteiger partial charge on any atom is 0.416 e. The number of phenolic OH excluding ortho intramolecular Hbond substituents is 1. The molecular weight excluding hydrogens is 631 g/mol. The summed E-state index contributed by atoms with van der Waals surface area (Å²) in [5.41, 5.74) is -1.38. The predicted octanol–water partition coefficient (Wildman–Crippen LogP) is 3.37. The van der Waals surface area contributed by atoms with Gasteiger partial charge < -0.3 is 31.5 Å². The number of carbonyl (C=O) groups excluding carboxylic acids is 2. The lowest BCUT2D eigenvalue weighted by Gasteiger charge is -2.20. The van der Waals surface area contributed by atoms with Crippen molar-refractivity contribution in [3.63, 3.8) is 0 Å². The highest BCUT2D eigenvalue weighted by Gasteiger charge is 2.32. The second-order valence-corrected chi connectivity index (χ2v) is 9.57. The van der Waals surface area contributed by atoms with Crippen LogP contribution in [-0.2, 0) is 15.8 Å². The van der Waals surface area contributed by atoms with Crippen LogP contribution in [0.3, 0.4) is 0 Å².